The van der Waals surface area contributed by atoms with Crippen molar-refractivity contribution in [1.29, 1.82) is 0 Å². The van der Waals surface area contributed by atoms with Crippen LogP contribution in [0.2, 0.25) is 39.3 Å². The van der Waals surface area contributed by atoms with Crippen LogP contribution in [-0.2, 0) is 25.8 Å². The number of hydrogen-bond acceptors (Lipinski definition) is 0. The van der Waals surface area contributed by atoms with Crippen LogP contribution in [0.1, 0.15) is 26.7 Å². The Morgan fingerprint density at radius 3 is 1.21 bits per heavy atom. The van der Waals surface area contributed by atoms with Crippen LogP contribution >= 0.6 is 0 Å². The molecule has 0 aromatic rings. The van der Waals surface area contributed by atoms with Crippen LogP contribution in [0.15, 0.2) is 35.5 Å². The second-order valence-electron chi connectivity index (χ2n) is 9.14. The van der Waals surface area contributed by atoms with E-state index < -0.39 is 16.1 Å². The second-order valence-corrected chi connectivity index (χ2v) is 19.4. The maximum absolute atomic E-state index is 3.91. The van der Waals surface area contributed by atoms with E-state index in [1.807, 2.05) is 0 Å². The van der Waals surface area contributed by atoms with Gasteiger partial charge in [-0.3, -0.25) is 12.2 Å². The first-order valence-electron chi connectivity index (χ1n) is 8.47. The normalized spacial score (nSPS) is 16.2. The minimum absolute atomic E-state index is 0. The van der Waals surface area contributed by atoms with Gasteiger partial charge in [-0.05, 0) is 0 Å². The van der Waals surface area contributed by atoms with Crippen molar-refractivity contribution in [2.45, 2.75) is 66.0 Å². The molecule has 2 aliphatic rings. The van der Waals surface area contributed by atoms with Gasteiger partial charge in [-0.1, -0.05) is 58.5 Å². The monoisotopic (exact) mass is 524 g/mol. The summed E-state index contributed by atoms with van der Waals surface area (Å²) in [6.07, 6.45) is 17.4. The molecule has 0 bridgehead atoms. The molecule has 0 N–H and O–H groups in total. The van der Waals surface area contributed by atoms with Gasteiger partial charge in [-0.15, -0.1) is 29.0 Å². The zero-order valence-corrected chi connectivity index (χ0v) is 22.7. The zero-order chi connectivity index (χ0) is 18.3. The van der Waals surface area contributed by atoms with Gasteiger partial charge >= 0.3 is 25.8 Å². The Morgan fingerprint density at radius 1 is 0.792 bits per heavy atom. The van der Waals surface area contributed by atoms with Crippen LogP contribution < -0.4 is 0 Å². The Labute approximate surface area is 173 Å². The molecule has 0 heterocycles. The molecule has 0 unspecified atom stereocenters. The minimum Gasteiger partial charge on any atom is -0.342 e. The Kier molecular flexibility index (Phi) is 12.2. The molecule has 0 spiro atoms. The Balaban J connectivity index is 0. The van der Waals surface area contributed by atoms with Gasteiger partial charge < -0.3 is 13.1 Å². The molecule has 2 aliphatic carbocycles. The van der Waals surface area contributed by atoms with E-state index in [4.69, 9.17) is 0 Å². The molecular weight excluding hydrogens is 487 g/mol. The van der Waals surface area contributed by atoms with E-state index in [-0.39, 0.29) is 31.3 Å². The van der Waals surface area contributed by atoms with Crippen molar-refractivity contribution in [3.63, 3.8) is 0 Å². The molecule has 0 saturated heterocycles. The summed E-state index contributed by atoms with van der Waals surface area (Å²) in [6.45, 7) is 25.6. The fourth-order valence-electron chi connectivity index (χ4n) is 1.81. The maximum Gasteiger partial charge on any atom is 4.00 e. The van der Waals surface area contributed by atoms with Crippen molar-refractivity contribution in [2.75, 3.05) is 0 Å². The summed E-state index contributed by atoms with van der Waals surface area (Å²) in [5, 5.41) is 0. The molecule has 0 aromatic carbocycles. The van der Waals surface area contributed by atoms with E-state index in [1.165, 1.54) is 11.1 Å². The van der Waals surface area contributed by atoms with E-state index in [1.54, 1.807) is 0 Å². The fourth-order valence-corrected chi connectivity index (χ4v) is 1.81. The first kappa shape index (κ1) is 26.5. The molecule has 0 saturated carbocycles. The molecule has 0 radical (unpaired) electrons. The fraction of sp³-hybridized carbons (Fsp3) is 0.524. The minimum atomic E-state index is -0.861. The summed E-state index contributed by atoms with van der Waals surface area (Å²) < 4.78 is 0. The molecule has 0 amide bonds. The SMILES string of the molecule is CC(C)(C1=[C-]CC=C1)C1=[C-]CC=C1.[CH2-][Si](C)(C)C.[CH2-][Si](C)(C)C.[Hf+4]. The first-order chi connectivity index (χ1) is 10.2. The third-order valence-electron chi connectivity index (χ3n) is 2.74. The van der Waals surface area contributed by atoms with Gasteiger partial charge in [-0.2, -0.15) is 12.2 Å². The summed E-state index contributed by atoms with van der Waals surface area (Å²) in [4.78, 5) is 0. The van der Waals surface area contributed by atoms with Gasteiger partial charge in [0.2, 0.25) is 0 Å². The molecule has 0 nitrogen and oxygen atoms in total. The smallest absolute Gasteiger partial charge is 0.342 e. The molecule has 0 aromatic heterocycles. The van der Waals surface area contributed by atoms with Crippen LogP contribution in [0.5, 0.6) is 0 Å². The third-order valence-corrected chi connectivity index (χ3v) is 2.74. The molecule has 0 aliphatic heterocycles. The molecule has 0 atom stereocenters. The van der Waals surface area contributed by atoms with Gasteiger partial charge in [0, 0.05) is 0 Å². The Bertz CT molecular complexity index is 425. The average Bonchev–Trinajstić information content (AvgIpc) is 2.99. The van der Waals surface area contributed by atoms with Crippen molar-refractivity contribution in [2.24, 2.45) is 5.41 Å². The van der Waals surface area contributed by atoms with Crippen molar-refractivity contribution < 1.29 is 25.8 Å². The maximum atomic E-state index is 3.91. The predicted molar refractivity (Wildman–Crippen MR) is 112 cm³/mol. The van der Waals surface area contributed by atoms with E-state index in [0.29, 0.717) is 0 Å². The quantitative estimate of drug-likeness (QED) is 0.277. The van der Waals surface area contributed by atoms with Crippen molar-refractivity contribution in [3.05, 3.63) is 60.7 Å². The summed E-state index contributed by atoms with van der Waals surface area (Å²) in [7, 11) is -1.72. The Hall–Kier alpha value is 0.264. The van der Waals surface area contributed by atoms with Crippen LogP contribution in [0.4, 0.5) is 0 Å². The number of rotatable bonds is 2. The summed E-state index contributed by atoms with van der Waals surface area (Å²) >= 11 is 0. The largest absolute Gasteiger partial charge is 4.00 e. The van der Waals surface area contributed by atoms with E-state index in [2.05, 4.69) is 103 Å². The molecular formula is C21H36HfSi2. The summed E-state index contributed by atoms with van der Waals surface area (Å²) in [5.74, 6) is 0. The van der Waals surface area contributed by atoms with Crippen molar-refractivity contribution in [3.8, 4) is 0 Å². The second kappa shape index (κ2) is 11.1. The van der Waals surface area contributed by atoms with E-state index in [9.17, 15) is 0 Å². The van der Waals surface area contributed by atoms with Gasteiger partial charge in [0.25, 0.3) is 0 Å². The number of hydrogen-bond donors (Lipinski definition) is 0. The van der Waals surface area contributed by atoms with Gasteiger partial charge in [0.15, 0.2) is 0 Å². The molecule has 132 valence electrons. The van der Waals surface area contributed by atoms with Crippen LogP contribution in [0, 0.1) is 30.7 Å². The first-order valence-corrected chi connectivity index (χ1v) is 15.9. The predicted octanol–water partition coefficient (Wildman–Crippen LogP) is 6.78. The standard InChI is InChI=1S/C13H14.2C4H11Si.Hf/c1-13(2,11-7-3-4-8-11)12-9-5-6-10-12;2*1-5(2,3)4;/h3,5,7,9H,4,6H2,1-2H3;2*1H2,2-4H3;/q-2;2*-1;+4. The molecule has 0 fully saturated rings. The molecule has 3 heteroatoms. The number of allylic oxidation sites excluding steroid dienone is 8. The van der Waals surface area contributed by atoms with E-state index in [0.717, 1.165) is 12.8 Å². The van der Waals surface area contributed by atoms with Gasteiger partial charge in [-0.25, -0.2) is 23.3 Å². The van der Waals surface area contributed by atoms with Crippen LogP contribution in [-0.4, -0.2) is 16.1 Å². The average molecular weight is 523 g/mol. The van der Waals surface area contributed by atoms with Crippen molar-refractivity contribution in [1.82, 2.24) is 0 Å². The molecule has 2 rings (SSSR count). The topological polar surface area (TPSA) is 0 Å². The Morgan fingerprint density at radius 2 is 1.04 bits per heavy atom. The van der Waals surface area contributed by atoms with Crippen LogP contribution in [0.25, 0.3) is 0 Å². The van der Waals surface area contributed by atoms with Gasteiger partial charge in [0.05, 0.1) is 0 Å². The summed E-state index contributed by atoms with van der Waals surface area (Å²) in [5.41, 5.74) is 2.71. The molecule has 24 heavy (non-hydrogen) atoms. The van der Waals surface area contributed by atoms with Crippen molar-refractivity contribution >= 4 is 16.1 Å². The van der Waals surface area contributed by atoms with Crippen LogP contribution in [0.3, 0.4) is 0 Å². The third kappa shape index (κ3) is 14.6. The van der Waals surface area contributed by atoms with Gasteiger partial charge in [0.1, 0.15) is 0 Å². The zero-order valence-electron chi connectivity index (χ0n) is 17.1. The summed E-state index contributed by atoms with van der Waals surface area (Å²) in [6, 6.07) is 0. The van der Waals surface area contributed by atoms with E-state index >= 15 is 0 Å².